The fraction of sp³-hybridized carbons (Fsp3) is 0.364. The van der Waals surface area contributed by atoms with E-state index >= 15 is 0 Å². The Bertz CT molecular complexity index is 541. The van der Waals surface area contributed by atoms with E-state index in [1.54, 1.807) is 12.1 Å². The monoisotopic (exact) mass is 273 g/mol. The highest BCUT2D eigenvalue weighted by molar-refractivity contribution is 7.89. The molecule has 92 valence electrons. The first kappa shape index (κ1) is 12.5. The van der Waals surface area contributed by atoms with Crippen molar-refractivity contribution in [1.82, 2.24) is 4.31 Å². The average Bonchev–Trinajstić information content (AvgIpc) is 2.29. The van der Waals surface area contributed by atoms with Gasteiger partial charge in [0.05, 0.1) is 11.6 Å². The number of ketones is 1. The Kier molecular flexibility index (Phi) is 3.51. The van der Waals surface area contributed by atoms with Crippen LogP contribution in [0.4, 0.5) is 0 Å². The summed E-state index contributed by atoms with van der Waals surface area (Å²) in [6, 6.07) is 6.27. The van der Waals surface area contributed by atoms with Crippen molar-refractivity contribution >= 4 is 27.4 Å². The fourth-order valence-corrected chi connectivity index (χ4v) is 3.76. The first-order valence-corrected chi connectivity index (χ1v) is 7.10. The highest BCUT2D eigenvalue weighted by atomic mass is 35.5. The van der Waals surface area contributed by atoms with Gasteiger partial charge in [0.15, 0.2) is 0 Å². The molecule has 1 fully saturated rings. The highest BCUT2D eigenvalue weighted by Crippen LogP contribution is 2.25. The molecule has 0 spiro atoms. The Hall–Kier alpha value is -0.910. The van der Waals surface area contributed by atoms with E-state index in [2.05, 4.69) is 0 Å². The zero-order valence-corrected chi connectivity index (χ0v) is 10.7. The minimum Gasteiger partial charge on any atom is -0.298 e. The lowest BCUT2D eigenvalue weighted by Gasteiger charge is -2.25. The molecular formula is C11H12ClNO3S. The van der Waals surface area contributed by atoms with E-state index < -0.39 is 10.0 Å². The molecule has 0 amide bonds. The van der Waals surface area contributed by atoms with Gasteiger partial charge in [0, 0.05) is 13.0 Å². The number of Topliss-reactive ketones (excluding diaryl/α,β-unsaturated/α-hetero) is 1. The zero-order chi connectivity index (χ0) is 12.5. The van der Waals surface area contributed by atoms with Gasteiger partial charge < -0.3 is 0 Å². The molecule has 6 heteroatoms. The third kappa shape index (κ3) is 2.51. The Labute approximate surface area is 105 Å². The van der Waals surface area contributed by atoms with Crippen LogP contribution in [0.5, 0.6) is 0 Å². The predicted molar refractivity (Wildman–Crippen MR) is 64.5 cm³/mol. The van der Waals surface area contributed by atoms with E-state index in [9.17, 15) is 13.2 Å². The SMILES string of the molecule is O=C1CCCN(S(=O)(=O)c2ccccc2Cl)C1. The normalized spacial score (nSPS) is 18.3. The smallest absolute Gasteiger partial charge is 0.244 e. The van der Waals surface area contributed by atoms with Crippen LogP contribution in [0.25, 0.3) is 0 Å². The molecule has 0 unspecified atom stereocenters. The second kappa shape index (κ2) is 4.76. The molecule has 0 bridgehead atoms. The van der Waals surface area contributed by atoms with E-state index in [0.717, 1.165) is 0 Å². The number of hydrogen-bond donors (Lipinski definition) is 0. The number of rotatable bonds is 2. The lowest BCUT2D eigenvalue weighted by molar-refractivity contribution is -0.120. The maximum Gasteiger partial charge on any atom is 0.244 e. The first-order chi connectivity index (χ1) is 8.01. The number of carbonyl (C=O) groups is 1. The Balaban J connectivity index is 2.36. The number of sulfonamides is 1. The number of piperidine rings is 1. The summed E-state index contributed by atoms with van der Waals surface area (Å²) >= 11 is 5.87. The van der Waals surface area contributed by atoms with Crippen LogP contribution in [0.3, 0.4) is 0 Å². The van der Waals surface area contributed by atoms with Crippen LogP contribution in [-0.4, -0.2) is 31.6 Å². The van der Waals surface area contributed by atoms with Crippen LogP contribution >= 0.6 is 11.6 Å². The molecule has 17 heavy (non-hydrogen) atoms. The van der Waals surface area contributed by atoms with E-state index in [1.807, 2.05) is 0 Å². The van der Waals surface area contributed by atoms with Crippen LogP contribution < -0.4 is 0 Å². The predicted octanol–water partition coefficient (Wildman–Crippen LogP) is 1.69. The van der Waals surface area contributed by atoms with Crippen LogP contribution in [0.15, 0.2) is 29.2 Å². The summed E-state index contributed by atoms with van der Waals surface area (Å²) < 4.78 is 25.7. The van der Waals surface area contributed by atoms with Crippen LogP contribution in [0.1, 0.15) is 12.8 Å². The van der Waals surface area contributed by atoms with Gasteiger partial charge >= 0.3 is 0 Å². The van der Waals surface area contributed by atoms with Gasteiger partial charge in [0.2, 0.25) is 10.0 Å². The molecule has 0 saturated carbocycles. The van der Waals surface area contributed by atoms with Crippen molar-refractivity contribution in [2.24, 2.45) is 0 Å². The Morgan fingerprint density at radius 2 is 1.94 bits per heavy atom. The summed E-state index contributed by atoms with van der Waals surface area (Å²) in [5.41, 5.74) is 0. The minimum atomic E-state index is -3.65. The molecule has 0 N–H and O–H groups in total. The van der Waals surface area contributed by atoms with Crippen LogP contribution in [-0.2, 0) is 14.8 Å². The molecule has 2 rings (SSSR count). The highest BCUT2D eigenvalue weighted by Gasteiger charge is 2.30. The minimum absolute atomic E-state index is 0.0481. The van der Waals surface area contributed by atoms with Crippen molar-refractivity contribution in [3.05, 3.63) is 29.3 Å². The summed E-state index contributed by atoms with van der Waals surface area (Å²) in [6.45, 7) is 0.326. The number of hydrogen-bond acceptors (Lipinski definition) is 3. The maximum atomic E-state index is 12.2. The Morgan fingerprint density at radius 1 is 1.24 bits per heavy atom. The molecule has 1 aliphatic heterocycles. The number of carbonyl (C=O) groups excluding carboxylic acids is 1. The largest absolute Gasteiger partial charge is 0.298 e. The molecule has 4 nitrogen and oxygen atoms in total. The summed E-state index contributed by atoms with van der Waals surface area (Å²) in [4.78, 5) is 11.4. The molecule has 1 aliphatic rings. The molecule has 0 radical (unpaired) electrons. The van der Waals surface area contributed by atoms with Crippen molar-refractivity contribution in [3.63, 3.8) is 0 Å². The van der Waals surface area contributed by atoms with Gasteiger partial charge in [-0.25, -0.2) is 8.42 Å². The summed E-state index contributed by atoms with van der Waals surface area (Å²) in [5, 5.41) is 0.186. The summed E-state index contributed by atoms with van der Waals surface area (Å²) in [5.74, 6) is -0.0492. The number of benzene rings is 1. The lowest BCUT2D eigenvalue weighted by atomic mass is 10.1. The van der Waals surface area contributed by atoms with Gasteiger partial charge in [-0.1, -0.05) is 23.7 Å². The van der Waals surface area contributed by atoms with Gasteiger partial charge in [0.25, 0.3) is 0 Å². The van der Waals surface area contributed by atoms with E-state index in [4.69, 9.17) is 11.6 Å². The summed E-state index contributed by atoms with van der Waals surface area (Å²) in [7, 11) is -3.65. The standard InChI is InChI=1S/C11H12ClNO3S/c12-10-5-1-2-6-11(10)17(15,16)13-7-3-4-9(14)8-13/h1-2,5-6H,3-4,7-8H2. The Morgan fingerprint density at radius 3 is 2.59 bits per heavy atom. The van der Waals surface area contributed by atoms with Gasteiger partial charge in [-0.3, -0.25) is 4.79 Å². The fourth-order valence-electron chi connectivity index (χ4n) is 1.81. The summed E-state index contributed by atoms with van der Waals surface area (Å²) in [6.07, 6.45) is 1.02. The lowest BCUT2D eigenvalue weighted by Crippen LogP contribution is -2.40. The van der Waals surface area contributed by atoms with Crippen molar-refractivity contribution < 1.29 is 13.2 Å². The van der Waals surface area contributed by atoms with Gasteiger partial charge in [-0.15, -0.1) is 0 Å². The quantitative estimate of drug-likeness (QED) is 0.824. The molecule has 1 saturated heterocycles. The van der Waals surface area contributed by atoms with E-state index in [1.165, 1.54) is 16.4 Å². The van der Waals surface area contributed by atoms with Gasteiger partial charge in [-0.2, -0.15) is 4.31 Å². The second-order valence-corrected chi connectivity index (χ2v) is 6.22. The molecule has 1 aromatic rings. The second-order valence-electron chi connectivity index (χ2n) is 3.91. The first-order valence-electron chi connectivity index (χ1n) is 5.28. The number of nitrogens with zero attached hydrogens (tertiary/aromatic N) is 1. The van der Waals surface area contributed by atoms with Crippen LogP contribution in [0, 0.1) is 0 Å². The zero-order valence-electron chi connectivity index (χ0n) is 9.10. The van der Waals surface area contributed by atoms with Crippen molar-refractivity contribution in [3.8, 4) is 0 Å². The van der Waals surface area contributed by atoms with E-state index in [-0.39, 0.29) is 22.2 Å². The third-order valence-electron chi connectivity index (χ3n) is 2.67. The molecule has 0 atom stereocenters. The third-order valence-corrected chi connectivity index (χ3v) is 5.02. The number of halogens is 1. The van der Waals surface area contributed by atoms with Crippen molar-refractivity contribution in [2.75, 3.05) is 13.1 Å². The molecule has 0 aliphatic carbocycles. The van der Waals surface area contributed by atoms with E-state index in [0.29, 0.717) is 19.4 Å². The van der Waals surface area contributed by atoms with Crippen molar-refractivity contribution in [2.45, 2.75) is 17.7 Å². The maximum absolute atomic E-state index is 12.2. The van der Waals surface area contributed by atoms with Gasteiger partial charge in [0.1, 0.15) is 10.7 Å². The topological polar surface area (TPSA) is 54.5 Å². The average molecular weight is 274 g/mol. The molecular weight excluding hydrogens is 262 g/mol. The molecule has 1 aromatic carbocycles. The molecule has 1 heterocycles. The van der Waals surface area contributed by atoms with Gasteiger partial charge in [-0.05, 0) is 18.6 Å². The van der Waals surface area contributed by atoms with Crippen LogP contribution in [0.2, 0.25) is 5.02 Å². The molecule has 0 aromatic heterocycles. The van der Waals surface area contributed by atoms with Crippen molar-refractivity contribution in [1.29, 1.82) is 0 Å².